The van der Waals surface area contributed by atoms with E-state index in [0.29, 0.717) is 0 Å². The molecule has 1 unspecified atom stereocenters. The van der Waals surface area contributed by atoms with E-state index in [-0.39, 0.29) is 37.8 Å². The van der Waals surface area contributed by atoms with Crippen LogP contribution in [0.2, 0.25) is 0 Å². The highest BCUT2D eigenvalue weighted by atomic mass is 19.3. The number of aryl methyl sites for hydroxylation is 2. The van der Waals surface area contributed by atoms with Crippen LogP contribution in [-0.2, 0) is 11.3 Å². The summed E-state index contributed by atoms with van der Waals surface area (Å²) in [5, 5.41) is 0. The Morgan fingerprint density at radius 1 is 1.21 bits per heavy atom. The molecular formula is C19H26F2N2O. The van der Waals surface area contributed by atoms with Gasteiger partial charge in [0.1, 0.15) is 0 Å². The minimum absolute atomic E-state index is 0.0400. The molecule has 24 heavy (non-hydrogen) atoms. The average molecular weight is 336 g/mol. The maximum atomic E-state index is 13.2. The Morgan fingerprint density at radius 2 is 1.92 bits per heavy atom. The van der Waals surface area contributed by atoms with E-state index in [0.717, 1.165) is 26.1 Å². The lowest BCUT2D eigenvalue weighted by atomic mass is 10.0. The minimum Gasteiger partial charge on any atom is -0.342 e. The van der Waals surface area contributed by atoms with Crippen molar-refractivity contribution < 1.29 is 13.6 Å². The van der Waals surface area contributed by atoms with Gasteiger partial charge in [0.15, 0.2) is 0 Å². The summed E-state index contributed by atoms with van der Waals surface area (Å²) in [6.45, 7) is 7.08. The number of amides is 1. The standard InChI is InChI=1S/C19H26F2N2O/c1-14-3-4-15(2)17(11-14)13-22-8-5-16(12-22)18(24)23-9-6-19(20,21)7-10-23/h3-4,11,16H,5-10,12-13H2,1-2H3. The van der Waals surface area contributed by atoms with Gasteiger partial charge in [0.2, 0.25) is 5.91 Å². The van der Waals surface area contributed by atoms with E-state index in [9.17, 15) is 13.6 Å². The summed E-state index contributed by atoms with van der Waals surface area (Å²) in [5.41, 5.74) is 3.83. The summed E-state index contributed by atoms with van der Waals surface area (Å²) < 4.78 is 26.5. The molecule has 1 aromatic rings. The zero-order valence-electron chi connectivity index (χ0n) is 14.5. The third-order valence-corrected chi connectivity index (χ3v) is 5.33. The highest BCUT2D eigenvalue weighted by Gasteiger charge is 2.38. The highest BCUT2D eigenvalue weighted by molar-refractivity contribution is 5.79. The molecule has 1 amide bonds. The number of piperidine rings is 1. The molecule has 2 saturated heterocycles. The number of alkyl halides is 2. The average Bonchev–Trinajstić information content (AvgIpc) is 2.99. The molecule has 3 nitrogen and oxygen atoms in total. The summed E-state index contributed by atoms with van der Waals surface area (Å²) in [6.07, 6.45) is 0.436. The minimum atomic E-state index is -2.60. The number of hydrogen-bond acceptors (Lipinski definition) is 2. The van der Waals surface area contributed by atoms with E-state index in [2.05, 4.69) is 36.9 Å². The Bertz CT molecular complexity index is 607. The second kappa shape index (κ2) is 6.79. The summed E-state index contributed by atoms with van der Waals surface area (Å²) in [6, 6.07) is 6.45. The number of benzene rings is 1. The lowest BCUT2D eigenvalue weighted by Gasteiger charge is -2.33. The number of rotatable bonds is 3. The van der Waals surface area contributed by atoms with Crippen molar-refractivity contribution in [1.29, 1.82) is 0 Å². The molecule has 2 heterocycles. The first-order valence-electron chi connectivity index (χ1n) is 8.79. The van der Waals surface area contributed by atoms with E-state index in [4.69, 9.17) is 0 Å². The van der Waals surface area contributed by atoms with Crippen LogP contribution in [0, 0.1) is 19.8 Å². The van der Waals surface area contributed by atoms with Crippen LogP contribution >= 0.6 is 0 Å². The fraction of sp³-hybridized carbons (Fsp3) is 0.632. The van der Waals surface area contributed by atoms with Gasteiger partial charge in [-0.3, -0.25) is 9.69 Å². The quantitative estimate of drug-likeness (QED) is 0.845. The third-order valence-electron chi connectivity index (χ3n) is 5.33. The first kappa shape index (κ1) is 17.3. The number of carbonyl (C=O) groups is 1. The van der Waals surface area contributed by atoms with Gasteiger partial charge >= 0.3 is 0 Å². The highest BCUT2D eigenvalue weighted by Crippen LogP contribution is 2.30. The van der Waals surface area contributed by atoms with Crippen molar-refractivity contribution in [2.75, 3.05) is 26.2 Å². The molecule has 132 valence electrons. The first-order valence-corrected chi connectivity index (χ1v) is 8.79. The molecule has 2 fully saturated rings. The fourth-order valence-electron chi connectivity index (χ4n) is 3.70. The van der Waals surface area contributed by atoms with Gasteiger partial charge in [-0.1, -0.05) is 23.8 Å². The molecule has 0 aromatic heterocycles. The number of carbonyl (C=O) groups excluding carboxylic acids is 1. The molecule has 0 bridgehead atoms. The summed E-state index contributed by atoms with van der Waals surface area (Å²) in [4.78, 5) is 16.5. The van der Waals surface area contributed by atoms with Crippen LogP contribution in [0.5, 0.6) is 0 Å². The van der Waals surface area contributed by atoms with Crippen LogP contribution in [0.4, 0.5) is 8.78 Å². The Hall–Kier alpha value is -1.49. The number of nitrogens with zero attached hydrogens (tertiary/aromatic N) is 2. The molecule has 2 aliphatic heterocycles. The van der Waals surface area contributed by atoms with Crippen molar-refractivity contribution in [2.45, 2.75) is 45.6 Å². The van der Waals surface area contributed by atoms with Gasteiger partial charge in [-0.25, -0.2) is 8.78 Å². The molecule has 0 radical (unpaired) electrons. The van der Waals surface area contributed by atoms with Crippen molar-refractivity contribution in [2.24, 2.45) is 5.92 Å². The molecule has 3 rings (SSSR count). The second-order valence-corrected chi connectivity index (χ2v) is 7.33. The maximum Gasteiger partial charge on any atom is 0.251 e. The van der Waals surface area contributed by atoms with Gasteiger partial charge in [0.25, 0.3) is 5.92 Å². The molecule has 5 heteroatoms. The SMILES string of the molecule is Cc1ccc(C)c(CN2CCC(C(=O)N3CCC(F)(F)CC3)C2)c1. The predicted octanol–water partition coefficient (Wildman–Crippen LogP) is 3.38. The first-order chi connectivity index (χ1) is 11.3. The van der Waals surface area contributed by atoms with E-state index < -0.39 is 5.92 Å². The van der Waals surface area contributed by atoms with Crippen molar-refractivity contribution in [3.63, 3.8) is 0 Å². The van der Waals surface area contributed by atoms with Crippen LogP contribution in [0.25, 0.3) is 0 Å². The number of hydrogen-bond donors (Lipinski definition) is 0. The van der Waals surface area contributed by atoms with Crippen molar-refractivity contribution in [3.8, 4) is 0 Å². The smallest absolute Gasteiger partial charge is 0.251 e. The molecule has 1 atom stereocenters. The third kappa shape index (κ3) is 3.94. The Balaban J connectivity index is 1.55. The Kier molecular flexibility index (Phi) is 4.90. The van der Waals surface area contributed by atoms with E-state index >= 15 is 0 Å². The van der Waals surface area contributed by atoms with Gasteiger partial charge in [-0.15, -0.1) is 0 Å². The lowest BCUT2D eigenvalue weighted by Crippen LogP contribution is -2.45. The van der Waals surface area contributed by atoms with Crippen LogP contribution in [-0.4, -0.2) is 47.8 Å². The van der Waals surface area contributed by atoms with Crippen LogP contribution in [0.1, 0.15) is 36.0 Å². The largest absolute Gasteiger partial charge is 0.342 e. The Morgan fingerprint density at radius 3 is 2.62 bits per heavy atom. The Labute approximate surface area is 142 Å². The molecule has 0 aliphatic carbocycles. The summed E-state index contributed by atoms with van der Waals surface area (Å²) >= 11 is 0. The zero-order valence-corrected chi connectivity index (χ0v) is 14.5. The molecular weight excluding hydrogens is 310 g/mol. The topological polar surface area (TPSA) is 23.6 Å². The number of halogens is 2. The monoisotopic (exact) mass is 336 g/mol. The van der Waals surface area contributed by atoms with Gasteiger partial charge in [-0.2, -0.15) is 0 Å². The normalized spacial score (nSPS) is 24.3. The molecule has 0 saturated carbocycles. The van der Waals surface area contributed by atoms with E-state index in [1.165, 1.54) is 16.7 Å². The van der Waals surface area contributed by atoms with Crippen LogP contribution in [0.15, 0.2) is 18.2 Å². The molecule has 0 N–H and O–H groups in total. The van der Waals surface area contributed by atoms with Crippen LogP contribution in [0.3, 0.4) is 0 Å². The molecule has 0 spiro atoms. The van der Waals surface area contributed by atoms with Crippen molar-refractivity contribution in [1.82, 2.24) is 9.80 Å². The van der Waals surface area contributed by atoms with Crippen LogP contribution < -0.4 is 0 Å². The maximum absolute atomic E-state index is 13.2. The van der Waals surface area contributed by atoms with Gasteiger partial charge < -0.3 is 4.90 Å². The van der Waals surface area contributed by atoms with Gasteiger partial charge in [-0.05, 0) is 37.9 Å². The fourth-order valence-corrected chi connectivity index (χ4v) is 3.70. The van der Waals surface area contributed by atoms with Crippen molar-refractivity contribution in [3.05, 3.63) is 34.9 Å². The lowest BCUT2D eigenvalue weighted by molar-refractivity contribution is -0.141. The number of likely N-dealkylation sites (tertiary alicyclic amines) is 2. The van der Waals surface area contributed by atoms with Crippen molar-refractivity contribution >= 4 is 5.91 Å². The van der Waals surface area contributed by atoms with E-state index in [1.54, 1.807) is 4.90 Å². The predicted molar refractivity (Wildman–Crippen MR) is 90.1 cm³/mol. The molecule has 1 aromatic carbocycles. The van der Waals surface area contributed by atoms with Gasteiger partial charge in [0, 0.05) is 39.0 Å². The molecule has 2 aliphatic rings. The summed E-state index contributed by atoms with van der Waals surface area (Å²) in [5.74, 6) is -2.57. The van der Waals surface area contributed by atoms with E-state index in [1.807, 2.05) is 0 Å². The summed E-state index contributed by atoms with van der Waals surface area (Å²) in [7, 11) is 0. The zero-order chi connectivity index (χ0) is 17.3. The second-order valence-electron chi connectivity index (χ2n) is 7.33. The van der Waals surface area contributed by atoms with Gasteiger partial charge in [0.05, 0.1) is 5.92 Å².